The van der Waals surface area contributed by atoms with Crippen LogP contribution in [0.1, 0.15) is 11.3 Å². The lowest BCUT2D eigenvalue weighted by Crippen LogP contribution is -1.94. The Kier molecular flexibility index (Phi) is 3.43. The van der Waals surface area contributed by atoms with Crippen molar-refractivity contribution < 1.29 is 0 Å². The number of hydrogen-bond donors (Lipinski definition) is 0. The molecule has 2 aromatic carbocycles. The first kappa shape index (κ1) is 15.8. The van der Waals surface area contributed by atoms with E-state index in [9.17, 15) is 5.26 Å². The molecule has 0 radical (unpaired) electrons. The van der Waals surface area contributed by atoms with Gasteiger partial charge in [0.1, 0.15) is 0 Å². The van der Waals surface area contributed by atoms with Crippen LogP contribution in [0.25, 0.3) is 44.0 Å². The van der Waals surface area contributed by atoms with E-state index < -0.39 is 0 Å². The molecule has 0 bridgehead atoms. The molecule has 5 rings (SSSR count). The standard InChI is InChI=1S/C22H10N6/c1-24-18(11-23)20-14-4-2-3-5-15(14)21-22(20)27-16-7-6-13(10-17(16)28-21)19-12-25-8-9-26-19/h2-10,12H. The summed E-state index contributed by atoms with van der Waals surface area (Å²) in [6, 6.07) is 15.3. The van der Waals surface area contributed by atoms with Gasteiger partial charge in [-0.15, -0.1) is 0 Å². The SMILES string of the molecule is [C-]#[N+]C(C#N)=C1c2ccccc2-c2nc3cc(-c4cnccn4)ccc3nc21. The quantitative estimate of drug-likeness (QED) is 0.330. The van der Waals surface area contributed by atoms with E-state index in [-0.39, 0.29) is 5.70 Å². The average molecular weight is 358 g/mol. The van der Waals surface area contributed by atoms with Gasteiger partial charge in [0.15, 0.2) is 0 Å². The summed E-state index contributed by atoms with van der Waals surface area (Å²) in [4.78, 5) is 21.4. The molecule has 6 heteroatoms. The molecule has 0 fully saturated rings. The van der Waals surface area contributed by atoms with E-state index in [0.29, 0.717) is 22.5 Å². The molecule has 0 saturated heterocycles. The topological polar surface area (TPSA) is 79.7 Å². The molecule has 0 unspecified atom stereocenters. The molecule has 0 aliphatic heterocycles. The fourth-order valence-electron chi connectivity index (χ4n) is 3.44. The molecule has 1 aliphatic carbocycles. The van der Waals surface area contributed by atoms with Crippen LogP contribution in [0.15, 0.2) is 66.8 Å². The maximum Gasteiger partial charge on any atom is 0.271 e. The van der Waals surface area contributed by atoms with Gasteiger partial charge in [0.05, 0.1) is 47.0 Å². The molecular weight excluding hydrogens is 348 g/mol. The third-order valence-corrected chi connectivity index (χ3v) is 4.67. The predicted molar refractivity (Wildman–Crippen MR) is 104 cm³/mol. The highest BCUT2D eigenvalue weighted by atomic mass is 14.9. The van der Waals surface area contributed by atoms with Crippen molar-refractivity contribution in [1.29, 1.82) is 5.26 Å². The molecule has 0 saturated carbocycles. The number of hydrogen-bond acceptors (Lipinski definition) is 5. The van der Waals surface area contributed by atoms with Crippen molar-refractivity contribution in [2.24, 2.45) is 0 Å². The molecule has 6 nitrogen and oxygen atoms in total. The van der Waals surface area contributed by atoms with Crippen LogP contribution >= 0.6 is 0 Å². The number of nitrogens with zero attached hydrogens (tertiary/aromatic N) is 6. The molecule has 4 aromatic rings. The van der Waals surface area contributed by atoms with Gasteiger partial charge in [0.2, 0.25) is 0 Å². The van der Waals surface area contributed by atoms with E-state index in [1.165, 1.54) is 0 Å². The first-order valence-electron chi connectivity index (χ1n) is 8.50. The Hall–Kier alpha value is -4.42. The van der Waals surface area contributed by atoms with Gasteiger partial charge in [0.25, 0.3) is 5.70 Å². The zero-order valence-corrected chi connectivity index (χ0v) is 14.5. The van der Waals surface area contributed by atoms with Crippen molar-refractivity contribution >= 4 is 16.6 Å². The van der Waals surface area contributed by atoms with E-state index in [1.807, 2.05) is 48.5 Å². The van der Waals surface area contributed by atoms with Crippen molar-refractivity contribution in [2.75, 3.05) is 0 Å². The van der Waals surface area contributed by atoms with E-state index in [1.54, 1.807) is 18.6 Å². The highest BCUT2D eigenvalue weighted by molar-refractivity contribution is 6.02. The minimum absolute atomic E-state index is 0.0241. The molecule has 0 atom stereocenters. The number of nitriles is 1. The normalized spacial score (nSPS) is 13.4. The Labute approximate surface area is 160 Å². The number of allylic oxidation sites excluding steroid dienone is 1. The van der Waals surface area contributed by atoms with Crippen molar-refractivity contribution in [1.82, 2.24) is 19.9 Å². The van der Waals surface area contributed by atoms with Gasteiger partial charge >= 0.3 is 0 Å². The molecule has 0 amide bonds. The van der Waals surface area contributed by atoms with Gasteiger partial charge in [-0.25, -0.2) is 20.1 Å². The largest absolute Gasteiger partial charge is 0.271 e. The molecule has 2 heterocycles. The summed E-state index contributed by atoms with van der Waals surface area (Å²) in [7, 11) is 0. The highest BCUT2D eigenvalue weighted by Crippen LogP contribution is 2.44. The van der Waals surface area contributed by atoms with E-state index in [0.717, 1.165) is 27.9 Å². The summed E-state index contributed by atoms with van der Waals surface area (Å²) >= 11 is 0. The molecule has 28 heavy (non-hydrogen) atoms. The Morgan fingerprint density at radius 1 is 0.964 bits per heavy atom. The fraction of sp³-hybridized carbons (Fsp3) is 0. The molecule has 128 valence electrons. The second-order valence-corrected chi connectivity index (χ2v) is 6.21. The van der Waals surface area contributed by atoms with E-state index >= 15 is 0 Å². The number of fused-ring (bicyclic) bond motifs is 4. The smallest absolute Gasteiger partial charge is 0.261 e. The summed E-state index contributed by atoms with van der Waals surface area (Å²) in [5.74, 6) is 0. The van der Waals surface area contributed by atoms with Crippen LogP contribution in [0, 0.1) is 17.9 Å². The maximum absolute atomic E-state index is 9.43. The monoisotopic (exact) mass is 358 g/mol. The Morgan fingerprint density at radius 3 is 2.54 bits per heavy atom. The Morgan fingerprint density at radius 2 is 1.79 bits per heavy atom. The van der Waals surface area contributed by atoms with E-state index in [4.69, 9.17) is 16.5 Å². The van der Waals surface area contributed by atoms with Gasteiger partial charge in [0, 0.05) is 29.1 Å². The van der Waals surface area contributed by atoms with Gasteiger partial charge in [-0.3, -0.25) is 9.97 Å². The summed E-state index contributed by atoms with van der Waals surface area (Å²) < 4.78 is 0. The van der Waals surface area contributed by atoms with Gasteiger partial charge in [-0.2, -0.15) is 0 Å². The van der Waals surface area contributed by atoms with Crippen LogP contribution in [0.4, 0.5) is 0 Å². The lowest BCUT2D eigenvalue weighted by molar-refractivity contribution is 1.20. The van der Waals surface area contributed by atoms with Crippen molar-refractivity contribution in [3.8, 4) is 28.6 Å². The number of rotatable bonds is 1. The third-order valence-electron chi connectivity index (χ3n) is 4.67. The maximum atomic E-state index is 9.43. The lowest BCUT2D eigenvalue weighted by Gasteiger charge is -2.06. The Bertz CT molecular complexity index is 1360. The summed E-state index contributed by atoms with van der Waals surface area (Å²) in [6.07, 6.45) is 4.98. The minimum Gasteiger partial charge on any atom is -0.261 e. The fourth-order valence-corrected chi connectivity index (χ4v) is 3.44. The Balaban J connectivity index is 1.80. The second kappa shape index (κ2) is 6.08. The summed E-state index contributed by atoms with van der Waals surface area (Å²) in [6.45, 7) is 7.38. The first-order valence-corrected chi connectivity index (χ1v) is 8.50. The zero-order chi connectivity index (χ0) is 19.1. The van der Waals surface area contributed by atoms with Gasteiger partial charge in [-0.05, 0) is 17.7 Å². The number of benzene rings is 2. The average Bonchev–Trinajstić information content (AvgIpc) is 3.07. The molecule has 2 aromatic heterocycles. The first-order chi connectivity index (χ1) is 13.8. The molecule has 1 aliphatic rings. The van der Waals surface area contributed by atoms with Gasteiger partial charge < -0.3 is 0 Å². The van der Waals surface area contributed by atoms with Crippen molar-refractivity contribution in [2.45, 2.75) is 0 Å². The van der Waals surface area contributed by atoms with Crippen LogP contribution in [0.5, 0.6) is 0 Å². The van der Waals surface area contributed by atoms with Gasteiger partial charge in [-0.1, -0.05) is 30.3 Å². The molecule has 0 N–H and O–H groups in total. The van der Waals surface area contributed by atoms with Crippen LogP contribution in [-0.4, -0.2) is 19.9 Å². The van der Waals surface area contributed by atoms with Crippen LogP contribution in [0.2, 0.25) is 0 Å². The van der Waals surface area contributed by atoms with Crippen LogP contribution in [-0.2, 0) is 0 Å². The summed E-state index contributed by atoms with van der Waals surface area (Å²) in [5.41, 5.74) is 6.60. The predicted octanol–water partition coefficient (Wildman–Crippen LogP) is 4.27. The highest BCUT2D eigenvalue weighted by Gasteiger charge is 2.29. The van der Waals surface area contributed by atoms with Crippen molar-refractivity contribution in [3.05, 3.63) is 89.4 Å². The van der Waals surface area contributed by atoms with Crippen LogP contribution < -0.4 is 0 Å². The lowest BCUT2D eigenvalue weighted by atomic mass is 10.0. The third kappa shape index (κ3) is 2.26. The van der Waals surface area contributed by atoms with Crippen molar-refractivity contribution in [3.63, 3.8) is 0 Å². The minimum atomic E-state index is 0.0241. The summed E-state index contributed by atoms with van der Waals surface area (Å²) in [5, 5.41) is 9.43. The zero-order valence-electron chi connectivity index (χ0n) is 14.5. The molecule has 0 spiro atoms. The van der Waals surface area contributed by atoms with Crippen LogP contribution in [0.3, 0.4) is 0 Å². The number of aromatic nitrogens is 4. The second-order valence-electron chi connectivity index (χ2n) is 6.21. The molecular formula is C22H10N6. The van der Waals surface area contributed by atoms with E-state index in [2.05, 4.69) is 14.8 Å².